The molecule has 5 rings (SSSR count). The number of fused-ring (bicyclic) bond motifs is 1. The first-order chi connectivity index (χ1) is 16.4. The second-order valence-corrected chi connectivity index (χ2v) is 9.05. The van der Waals surface area contributed by atoms with E-state index in [1.165, 1.54) is 12.1 Å². The van der Waals surface area contributed by atoms with Crippen molar-refractivity contribution in [1.29, 1.82) is 0 Å². The SMILES string of the molecule is [C-]#[N+]c1ccc(-c2nc(N3CCC(N)CC3)nc3ccc(-c4c(C)cccc4Cl)cc23)cc1F. The second-order valence-electron chi connectivity index (χ2n) is 8.64. The monoisotopic (exact) mass is 471 g/mol. The number of hydrogen-bond acceptors (Lipinski definition) is 4. The van der Waals surface area contributed by atoms with E-state index < -0.39 is 5.82 Å². The lowest BCUT2D eigenvalue weighted by Gasteiger charge is -2.30. The van der Waals surface area contributed by atoms with Gasteiger partial charge < -0.3 is 10.6 Å². The summed E-state index contributed by atoms with van der Waals surface area (Å²) in [5, 5.41) is 1.46. The molecule has 2 heterocycles. The number of benzene rings is 3. The van der Waals surface area contributed by atoms with Gasteiger partial charge in [0, 0.05) is 40.7 Å². The van der Waals surface area contributed by atoms with Crippen LogP contribution in [0.1, 0.15) is 18.4 Å². The number of piperidine rings is 1. The summed E-state index contributed by atoms with van der Waals surface area (Å²) in [6.45, 7) is 10.7. The molecule has 3 aromatic carbocycles. The van der Waals surface area contributed by atoms with Crippen LogP contribution in [-0.4, -0.2) is 29.1 Å². The molecule has 0 unspecified atom stereocenters. The van der Waals surface area contributed by atoms with Crippen LogP contribution in [0.5, 0.6) is 0 Å². The van der Waals surface area contributed by atoms with Crippen molar-refractivity contribution in [2.45, 2.75) is 25.8 Å². The van der Waals surface area contributed by atoms with E-state index in [0.717, 1.165) is 53.5 Å². The van der Waals surface area contributed by atoms with Gasteiger partial charge in [0.1, 0.15) is 5.82 Å². The molecule has 0 amide bonds. The van der Waals surface area contributed by atoms with E-state index in [2.05, 4.69) is 9.74 Å². The minimum absolute atomic E-state index is 0.0141. The molecule has 0 saturated carbocycles. The predicted molar refractivity (Wildman–Crippen MR) is 136 cm³/mol. The first kappa shape index (κ1) is 22.3. The van der Waals surface area contributed by atoms with Crippen LogP contribution in [0.4, 0.5) is 16.0 Å². The van der Waals surface area contributed by atoms with Crippen LogP contribution in [0.3, 0.4) is 0 Å². The van der Waals surface area contributed by atoms with E-state index in [4.69, 9.17) is 33.9 Å². The Morgan fingerprint density at radius 3 is 2.53 bits per heavy atom. The van der Waals surface area contributed by atoms with E-state index in [1.54, 1.807) is 6.07 Å². The molecule has 0 bridgehead atoms. The lowest BCUT2D eigenvalue weighted by atomic mass is 9.97. The topological polar surface area (TPSA) is 59.4 Å². The largest absolute Gasteiger partial charge is 0.341 e. The minimum atomic E-state index is -0.567. The average Bonchev–Trinajstić information content (AvgIpc) is 2.83. The summed E-state index contributed by atoms with van der Waals surface area (Å²) < 4.78 is 14.6. The molecule has 0 aliphatic carbocycles. The van der Waals surface area contributed by atoms with Gasteiger partial charge in [0.2, 0.25) is 11.6 Å². The number of hydrogen-bond donors (Lipinski definition) is 1. The molecular weight excluding hydrogens is 449 g/mol. The number of anilines is 1. The van der Waals surface area contributed by atoms with E-state index in [1.807, 2.05) is 43.3 Å². The molecule has 1 aliphatic rings. The summed E-state index contributed by atoms with van der Waals surface area (Å²) in [5.41, 5.74) is 11.0. The first-order valence-electron chi connectivity index (χ1n) is 11.2. The van der Waals surface area contributed by atoms with E-state index in [9.17, 15) is 4.39 Å². The van der Waals surface area contributed by atoms with Crippen LogP contribution in [-0.2, 0) is 0 Å². The minimum Gasteiger partial charge on any atom is -0.341 e. The third kappa shape index (κ3) is 4.09. The van der Waals surface area contributed by atoms with Crippen molar-refractivity contribution in [2.24, 2.45) is 5.73 Å². The Kier molecular flexibility index (Phi) is 5.91. The predicted octanol–water partition coefficient (Wildman–Crippen LogP) is 6.54. The van der Waals surface area contributed by atoms with Gasteiger partial charge in [-0.3, -0.25) is 0 Å². The highest BCUT2D eigenvalue weighted by atomic mass is 35.5. The van der Waals surface area contributed by atoms with Gasteiger partial charge in [0.05, 0.1) is 17.8 Å². The smallest absolute Gasteiger partial charge is 0.226 e. The molecule has 1 aromatic heterocycles. The summed E-state index contributed by atoms with van der Waals surface area (Å²) in [6.07, 6.45) is 1.74. The van der Waals surface area contributed by atoms with E-state index in [-0.39, 0.29) is 11.7 Å². The fourth-order valence-electron chi connectivity index (χ4n) is 4.47. The standard InChI is InChI=1S/C27H23ClFN5/c1-16-4-3-5-21(28)25(16)17-6-8-23-20(14-17)26(18-7-9-24(31-2)22(29)15-18)33-27(32-23)34-12-10-19(30)11-13-34/h3-9,14-15,19H,10-13,30H2,1H3. The Morgan fingerprint density at radius 2 is 1.82 bits per heavy atom. The highest BCUT2D eigenvalue weighted by Crippen LogP contribution is 2.37. The average molecular weight is 472 g/mol. The van der Waals surface area contributed by atoms with Crippen molar-refractivity contribution < 1.29 is 4.39 Å². The number of halogens is 2. The van der Waals surface area contributed by atoms with Gasteiger partial charge in [0.15, 0.2) is 0 Å². The molecule has 5 nitrogen and oxygen atoms in total. The molecule has 4 aromatic rings. The Morgan fingerprint density at radius 1 is 1.06 bits per heavy atom. The second kappa shape index (κ2) is 9.02. The van der Waals surface area contributed by atoms with Gasteiger partial charge in [-0.25, -0.2) is 19.2 Å². The van der Waals surface area contributed by atoms with E-state index >= 15 is 0 Å². The van der Waals surface area contributed by atoms with Gasteiger partial charge in [-0.15, -0.1) is 0 Å². The fraction of sp³-hybridized carbons (Fsp3) is 0.222. The van der Waals surface area contributed by atoms with Crippen LogP contribution >= 0.6 is 11.6 Å². The van der Waals surface area contributed by atoms with Crippen molar-refractivity contribution in [3.63, 3.8) is 0 Å². The van der Waals surface area contributed by atoms with Crippen molar-refractivity contribution in [2.75, 3.05) is 18.0 Å². The molecule has 0 atom stereocenters. The van der Waals surface area contributed by atoms with Gasteiger partial charge in [-0.1, -0.05) is 41.9 Å². The normalized spacial score (nSPS) is 14.4. The quantitative estimate of drug-likeness (QED) is 0.344. The maximum absolute atomic E-state index is 14.6. The first-order valence-corrected chi connectivity index (χ1v) is 11.6. The Hall–Kier alpha value is -3.53. The fourth-order valence-corrected chi connectivity index (χ4v) is 4.81. The van der Waals surface area contributed by atoms with E-state index in [0.29, 0.717) is 22.2 Å². The van der Waals surface area contributed by atoms with Gasteiger partial charge >= 0.3 is 0 Å². The van der Waals surface area contributed by atoms with Crippen LogP contribution in [0.15, 0.2) is 54.6 Å². The molecule has 1 fully saturated rings. The van der Waals surface area contributed by atoms with Crippen LogP contribution in [0.25, 0.3) is 38.1 Å². The van der Waals surface area contributed by atoms with Crippen molar-refractivity contribution in [3.05, 3.63) is 82.4 Å². The zero-order valence-corrected chi connectivity index (χ0v) is 19.5. The van der Waals surface area contributed by atoms with Crippen molar-refractivity contribution >= 4 is 34.1 Å². The third-order valence-corrected chi connectivity index (χ3v) is 6.67. The molecule has 34 heavy (non-hydrogen) atoms. The van der Waals surface area contributed by atoms with Gasteiger partial charge in [-0.2, -0.15) is 0 Å². The van der Waals surface area contributed by atoms with Crippen LogP contribution < -0.4 is 10.6 Å². The summed E-state index contributed by atoms with van der Waals surface area (Å²) in [5.74, 6) is 0.0357. The maximum atomic E-state index is 14.6. The molecule has 2 N–H and O–H groups in total. The zero-order chi connectivity index (χ0) is 23.8. The Labute approximate surface area is 202 Å². The third-order valence-electron chi connectivity index (χ3n) is 6.36. The van der Waals surface area contributed by atoms with Crippen molar-refractivity contribution in [1.82, 2.24) is 9.97 Å². The molecule has 0 radical (unpaired) electrons. The number of rotatable bonds is 3. The van der Waals surface area contributed by atoms with Gasteiger partial charge in [0.25, 0.3) is 0 Å². The highest BCUT2D eigenvalue weighted by molar-refractivity contribution is 6.33. The van der Waals surface area contributed by atoms with Crippen molar-refractivity contribution in [3.8, 4) is 22.4 Å². The molecule has 1 saturated heterocycles. The summed E-state index contributed by atoms with van der Waals surface area (Å²) in [4.78, 5) is 15.1. The zero-order valence-electron chi connectivity index (χ0n) is 18.7. The molecule has 170 valence electrons. The maximum Gasteiger partial charge on any atom is 0.226 e. The molecule has 7 heteroatoms. The number of aryl methyl sites for hydroxylation is 1. The summed E-state index contributed by atoms with van der Waals surface area (Å²) >= 11 is 6.54. The van der Waals surface area contributed by atoms with Crippen LogP contribution in [0, 0.1) is 19.3 Å². The number of nitrogens with two attached hydrogens (primary N) is 1. The summed E-state index contributed by atoms with van der Waals surface area (Å²) in [6, 6.07) is 16.6. The lowest BCUT2D eigenvalue weighted by molar-refractivity contribution is 0.496. The molecule has 1 aliphatic heterocycles. The molecule has 0 spiro atoms. The highest BCUT2D eigenvalue weighted by Gasteiger charge is 2.21. The Balaban J connectivity index is 1.72. The number of nitrogens with zero attached hydrogens (tertiary/aromatic N) is 4. The van der Waals surface area contributed by atoms with Gasteiger partial charge in [-0.05, 0) is 55.2 Å². The number of aromatic nitrogens is 2. The summed E-state index contributed by atoms with van der Waals surface area (Å²) in [7, 11) is 0. The Bertz CT molecular complexity index is 1420. The molecular formula is C27H23ClFN5. The van der Waals surface area contributed by atoms with Crippen LogP contribution in [0.2, 0.25) is 5.02 Å². The lowest BCUT2D eigenvalue weighted by Crippen LogP contribution is -2.40.